The van der Waals surface area contributed by atoms with Gasteiger partial charge < -0.3 is 10.2 Å². The summed E-state index contributed by atoms with van der Waals surface area (Å²) in [4.78, 5) is 8.15. The van der Waals surface area contributed by atoms with Crippen molar-refractivity contribution in [2.75, 3.05) is 5.73 Å². The molecule has 0 atom stereocenters. The molecule has 0 spiro atoms. The van der Waals surface area contributed by atoms with Crippen LogP contribution in [-0.4, -0.2) is 9.97 Å². The largest absolute Gasteiger partial charge is 0.428 e. The summed E-state index contributed by atoms with van der Waals surface area (Å²) in [7, 11) is 0. The summed E-state index contributed by atoms with van der Waals surface area (Å²) in [6.07, 6.45) is 3.45. The van der Waals surface area contributed by atoms with Gasteiger partial charge in [0.05, 0.1) is 0 Å². The first-order valence-corrected chi connectivity index (χ1v) is 4.85. The molecule has 0 aliphatic heterocycles. The molecule has 0 aromatic carbocycles. The van der Waals surface area contributed by atoms with E-state index < -0.39 is 0 Å². The Morgan fingerprint density at radius 2 is 1.93 bits per heavy atom. The third-order valence-corrected chi connectivity index (χ3v) is 2.15. The fraction of sp³-hybridized carbons (Fsp3) is 0.273. The number of anilines is 1. The molecule has 2 aromatic heterocycles. The Kier molecular flexibility index (Phi) is 2.41. The fourth-order valence-electron chi connectivity index (χ4n) is 1.46. The first kappa shape index (κ1) is 9.71. The maximum atomic E-state index is 5.56. The second-order valence-electron chi connectivity index (χ2n) is 3.66. The molecule has 4 heteroatoms. The molecule has 2 N–H and O–H groups in total. The molecule has 0 aliphatic carbocycles. The lowest BCUT2D eigenvalue weighted by atomic mass is 10.1. The van der Waals surface area contributed by atoms with Crippen molar-refractivity contribution in [2.24, 2.45) is 0 Å². The number of oxazole rings is 1. The molecule has 0 saturated heterocycles. The number of hydrogen-bond acceptors (Lipinski definition) is 4. The zero-order valence-electron chi connectivity index (χ0n) is 8.77. The predicted octanol–water partition coefficient (Wildman–Crippen LogP) is 2.44. The Morgan fingerprint density at radius 3 is 2.53 bits per heavy atom. The lowest BCUT2D eigenvalue weighted by molar-refractivity contribution is 0.500. The van der Waals surface area contributed by atoms with Gasteiger partial charge in [-0.3, -0.25) is 4.98 Å². The van der Waals surface area contributed by atoms with Crippen LogP contribution in [0.1, 0.15) is 25.5 Å². The molecular weight excluding hydrogens is 190 g/mol. The van der Waals surface area contributed by atoms with Crippen molar-refractivity contribution < 1.29 is 4.42 Å². The highest BCUT2D eigenvalue weighted by Crippen LogP contribution is 2.29. The van der Waals surface area contributed by atoms with Crippen molar-refractivity contribution in [3.05, 3.63) is 30.3 Å². The van der Waals surface area contributed by atoms with Crippen LogP contribution in [0.25, 0.3) is 11.3 Å². The lowest BCUT2D eigenvalue weighted by Gasteiger charge is -2.02. The Morgan fingerprint density at radius 1 is 1.27 bits per heavy atom. The van der Waals surface area contributed by atoms with Crippen molar-refractivity contribution in [1.82, 2.24) is 9.97 Å². The standard InChI is InChI=1S/C11H13N3O/c1-7(2)10-9(14-11(12)15-10)8-3-5-13-6-4-8/h3-7H,1-2H3,(H2,12,14). The third-order valence-electron chi connectivity index (χ3n) is 2.15. The van der Waals surface area contributed by atoms with Gasteiger partial charge in [0.2, 0.25) is 0 Å². The van der Waals surface area contributed by atoms with Gasteiger partial charge in [0.15, 0.2) is 0 Å². The van der Waals surface area contributed by atoms with Crippen LogP contribution in [0.4, 0.5) is 6.01 Å². The highest BCUT2D eigenvalue weighted by molar-refractivity contribution is 5.62. The van der Waals surface area contributed by atoms with Crippen LogP contribution in [0, 0.1) is 0 Å². The monoisotopic (exact) mass is 203 g/mol. The van der Waals surface area contributed by atoms with Gasteiger partial charge in [0.1, 0.15) is 11.5 Å². The molecule has 0 bridgehead atoms. The van der Waals surface area contributed by atoms with E-state index in [1.54, 1.807) is 12.4 Å². The molecule has 2 aromatic rings. The van der Waals surface area contributed by atoms with E-state index in [2.05, 4.69) is 9.97 Å². The van der Waals surface area contributed by atoms with Crippen LogP contribution < -0.4 is 5.73 Å². The van der Waals surface area contributed by atoms with Gasteiger partial charge in [0, 0.05) is 23.9 Å². The summed E-state index contributed by atoms with van der Waals surface area (Å²) in [5.74, 6) is 1.08. The maximum absolute atomic E-state index is 5.56. The number of hydrogen-bond donors (Lipinski definition) is 1. The zero-order chi connectivity index (χ0) is 10.8. The van der Waals surface area contributed by atoms with E-state index in [9.17, 15) is 0 Å². The van der Waals surface area contributed by atoms with E-state index in [4.69, 9.17) is 10.2 Å². The van der Waals surface area contributed by atoms with Gasteiger partial charge in [-0.2, -0.15) is 4.98 Å². The van der Waals surface area contributed by atoms with Crippen LogP contribution in [-0.2, 0) is 0 Å². The highest BCUT2D eigenvalue weighted by atomic mass is 16.4. The first-order valence-electron chi connectivity index (χ1n) is 4.85. The normalized spacial score (nSPS) is 10.9. The van der Waals surface area contributed by atoms with Crippen LogP contribution in [0.15, 0.2) is 28.9 Å². The third kappa shape index (κ3) is 1.83. The molecule has 2 rings (SSSR count). The molecule has 0 fully saturated rings. The van der Waals surface area contributed by atoms with Gasteiger partial charge in [0.25, 0.3) is 6.01 Å². The summed E-state index contributed by atoms with van der Waals surface area (Å²) in [5, 5.41) is 0. The minimum atomic E-state index is 0.213. The maximum Gasteiger partial charge on any atom is 0.292 e. The second kappa shape index (κ2) is 3.73. The quantitative estimate of drug-likeness (QED) is 0.814. The van der Waals surface area contributed by atoms with Crippen LogP contribution in [0.2, 0.25) is 0 Å². The molecule has 0 saturated carbocycles. The van der Waals surface area contributed by atoms with Crippen molar-refractivity contribution in [2.45, 2.75) is 19.8 Å². The molecule has 4 nitrogen and oxygen atoms in total. The van der Waals surface area contributed by atoms with E-state index in [0.29, 0.717) is 0 Å². The fourth-order valence-corrected chi connectivity index (χ4v) is 1.46. The van der Waals surface area contributed by atoms with Crippen molar-refractivity contribution in [1.29, 1.82) is 0 Å². The van der Waals surface area contributed by atoms with Crippen molar-refractivity contribution in [3.8, 4) is 11.3 Å². The minimum Gasteiger partial charge on any atom is -0.428 e. The molecule has 0 amide bonds. The SMILES string of the molecule is CC(C)c1oc(N)nc1-c1ccncc1. The number of aromatic nitrogens is 2. The highest BCUT2D eigenvalue weighted by Gasteiger charge is 2.16. The van der Waals surface area contributed by atoms with Gasteiger partial charge in [-0.15, -0.1) is 0 Å². The summed E-state index contributed by atoms with van der Waals surface area (Å²) in [6, 6.07) is 4.00. The summed E-state index contributed by atoms with van der Waals surface area (Å²) >= 11 is 0. The second-order valence-corrected chi connectivity index (χ2v) is 3.66. The average Bonchev–Trinajstić information content (AvgIpc) is 2.62. The number of nitrogens with zero attached hydrogens (tertiary/aromatic N) is 2. The molecule has 15 heavy (non-hydrogen) atoms. The van der Waals surface area contributed by atoms with E-state index in [-0.39, 0.29) is 11.9 Å². The number of rotatable bonds is 2. The van der Waals surface area contributed by atoms with E-state index in [1.165, 1.54) is 0 Å². The minimum absolute atomic E-state index is 0.213. The Balaban J connectivity index is 2.53. The Hall–Kier alpha value is -1.84. The van der Waals surface area contributed by atoms with Gasteiger partial charge in [-0.1, -0.05) is 13.8 Å². The van der Waals surface area contributed by atoms with E-state index in [0.717, 1.165) is 17.0 Å². The summed E-state index contributed by atoms with van der Waals surface area (Å²) in [5.41, 5.74) is 7.35. The van der Waals surface area contributed by atoms with Crippen LogP contribution in [0.5, 0.6) is 0 Å². The van der Waals surface area contributed by atoms with E-state index >= 15 is 0 Å². The molecular formula is C11H13N3O. The first-order chi connectivity index (χ1) is 7.18. The lowest BCUT2D eigenvalue weighted by Crippen LogP contribution is -1.89. The smallest absolute Gasteiger partial charge is 0.292 e. The van der Waals surface area contributed by atoms with E-state index in [1.807, 2.05) is 26.0 Å². The summed E-state index contributed by atoms with van der Waals surface area (Å²) in [6.45, 7) is 4.09. The van der Waals surface area contributed by atoms with Crippen molar-refractivity contribution in [3.63, 3.8) is 0 Å². The number of nitrogens with two attached hydrogens (primary N) is 1. The van der Waals surface area contributed by atoms with Gasteiger partial charge >= 0.3 is 0 Å². The van der Waals surface area contributed by atoms with Gasteiger partial charge in [-0.25, -0.2) is 0 Å². The topological polar surface area (TPSA) is 64.9 Å². The zero-order valence-corrected chi connectivity index (χ0v) is 8.77. The average molecular weight is 203 g/mol. The molecule has 0 aliphatic rings. The Bertz CT molecular complexity index is 448. The Labute approximate surface area is 88.2 Å². The van der Waals surface area contributed by atoms with Crippen molar-refractivity contribution >= 4 is 6.01 Å². The predicted molar refractivity (Wildman–Crippen MR) is 58.2 cm³/mol. The van der Waals surface area contributed by atoms with Crippen LogP contribution in [0.3, 0.4) is 0 Å². The van der Waals surface area contributed by atoms with Crippen LogP contribution >= 0.6 is 0 Å². The number of nitrogen functional groups attached to an aromatic ring is 1. The molecule has 0 radical (unpaired) electrons. The summed E-state index contributed by atoms with van der Waals surface area (Å²) < 4.78 is 5.38. The van der Waals surface area contributed by atoms with Gasteiger partial charge in [-0.05, 0) is 12.1 Å². The number of pyridine rings is 1. The molecule has 0 unspecified atom stereocenters. The molecule has 2 heterocycles. The molecule has 78 valence electrons.